The average Bonchev–Trinajstić information content (AvgIpc) is 2.83. The number of likely N-dealkylation sites (tertiary alicyclic amines) is 1. The molecule has 1 aromatic heterocycles. The van der Waals surface area contributed by atoms with Gasteiger partial charge < -0.3 is 10.2 Å². The molecule has 0 spiro atoms. The Morgan fingerprint density at radius 3 is 2.88 bits per heavy atom. The maximum Gasteiger partial charge on any atom is 0.205 e. The first kappa shape index (κ1) is 12.8. The van der Waals surface area contributed by atoms with Crippen molar-refractivity contribution in [1.29, 1.82) is 0 Å². The highest BCUT2D eigenvalue weighted by molar-refractivity contribution is 7.13. The summed E-state index contributed by atoms with van der Waals surface area (Å²) in [7, 11) is 0. The van der Waals surface area contributed by atoms with Gasteiger partial charge in [-0.2, -0.15) is 0 Å². The van der Waals surface area contributed by atoms with E-state index in [1.165, 1.54) is 38.9 Å². The molecule has 1 aromatic rings. The van der Waals surface area contributed by atoms with Gasteiger partial charge in [0.1, 0.15) is 5.51 Å². The Balaban J connectivity index is 1.76. The first-order valence-electron chi connectivity index (χ1n) is 6.54. The molecule has 1 atom stereocenters. The number of rotatable bonds is 5. The predicted octanol–water partition coefficient (Wildman–Crippen LogP) is 2.46. The molecule has 1 fully saturated rings. The zero-order valence-corrected chi connectivity index (χ0v) is 11.5. The minimum absolute atomic E-state index is 0.506. The Morgan fingerprint density at radius 2 is 2.29 bits per heavy atom. The minimum atomic E-state index is 0.506. The van der Waals surface area contributed by atoms with Crippen molar-refractivity contribution in [1.82, 2.24) is 15.1 Å². The molecule has 5 heteroatoms. The van der Waals surface area contributed by atoms with Gasteiger partial charge in [-0.25, -0.2) is 0 Å². The molecule has 17 heavy (non-hydrogen) atoms. The average molecular weight is 254 g/mol. The van der Waals surface area contributed by atoms with Gasteiger partial charge >= 0.3 is 0 Å². The molecule has 1 N–H and O–H groups in total. The van der Waals surface area contributed by atoms with E-state index in [-0.39, 0.29) is 0 Å². The second-order valence-electron chi connectivity index (χ2n) is 4.86. The second-order valence-corrected chi connectivity index (χ2v) is 5.69. The SMILES string of the molecule is CCCN1CCC(C(C)Nc2nncs2)CC1. The monoisotopic (exact) mass is 254 g/mol. The van der Waals surface area contributed by atoms with Gasteiger partial charge in [0, 0.05) is 6.04 Å². The van der Waals surface area contributed by atoms with E-state index >= 15 is 0 Å². The number of nitrogens with one attached hydrogen (secondary N) is 1. The van der Waals surface area contributed by atoms with Gasteiger partial charge in [0.2, 0.25) is 5.13 Å². The van der Waals surface area contributed by atoms with Crippen molar-refractivity contribution in [2.75, 3.05) is 25.0 Å². The van der Waals surface area contributed by atoms with Crippen molar-refractivity contribution in [3.8, 4) is 0 Å². The Labute approximate surface area is 107 Å². The van der Waals surface area contributed by atoms with Crippen LogP contribution in [0.1, 0.15) is 33.1 Å². The van der Waals surface area contributed by atoms with Crippen molar-refractivity contribution in [3.05, 3.63) is 5.51 Å². The van der Waals surface area contributed by atoms with Gasteiger partial charge in [-0.15, -0.1) is 10.2 Å². The zero-order chi connectivity index (χ0) is 12.1. The number of aromatic nitrogens is 2. The normalized spacial score (nSPS) is 20.4. The molecule has 0 aromatic carbocycles. The first-order valence-corrected chi connectivity index (χ1v) is 7.42. The van der Waals surface area contributed by atoms with Crippen LogP contribution in [-0.2, 0) is 0 Å². The van der Waals surface area contributed by atoms with Crippen molar-refractivity contribution in [3.63, 3.8) is 0 Å². The van der Waals surface area contributed by atoms with Crippen LogP contribution < -0.4 is 5.32 Å². The molecule has 1 saturated heterocycles. The fourth-order valence-corrected chi connectivity index (χ4v) is 3.08. The topological polar surface area (TPSA) is 41.0 Å². The van der Waals surface area contributed by atoms with E-state index in [1.807, 2.05) is 0 Å². The van der Waals surface area contributed by atoms with Crippen LogP contribution in [0.4, 0.5) is 5.13 Å². The second kappa shape index (κ2) is 6.31. The lowest BCUT2D eigenvalue weighted by atomic mass is 9.90. The number of nitrogens with zero attached hydrogens (tertiary/aromatic N) is 3. The van der Waals surface area contributed by atoms with Crippen LogP contribution in [0.3, 0.4) is 0 Å². The summed E-state index contributed by atoms with van der Waals surface area (Å²) >= 11 is 1.58. The van der Waals surface area contributed by atoms with Crippen molar-refractivity contribution in [2.45, 2.75) is 39.2 Å². The number of piperidine rings is 1. The fourth-order valence-electron chi connectivity index (χ4n) is 2.54. The Morgan fingerprint density at radius 1 is 1.53 bits per heavy atom. The van der Waals surface area contributed by atoms with E-state index in [1.54, 1.807) is 16.8 Å². The maximum absolute atomic E-state index is 4.04. The van der Waals surface area contributed by atoms with Crippen LogP contribution in [0, 0.1) is 5.92 Å². The third kappa shape index (κ3) is 3.64. The van der Waals surface area contributed by atoms with Crippen LogP contribution in [0.25, 0.3) is 0 Å². The molecule has 2 heterocycles. The molecule has 0 aliphatic carbocycles. The quantitative estimate of drug-likeness (QED) is 0.876. The van der Waals surface area contributed by atoms with E-state index in [0.717, 1.165) is 11.0 Å². The predicted molar refractivity (Wildman–Crippen MR) is 72.4 cm³/mol. The molecule has 0 bridgehead atoms. The maximum atomic E-state index is 4.04. The third-order valence-corrected chi connectivity index (χ3v) is 4.21. The van der Waals surface area contributed by atoms with Crippen LogP contribution in [0.2, 0.25) is 0 Å². The zero-order valence-electron chi connectivity index (χ0n) is 10.7. The van der Waals surface area contributed by atoms with Crippen molar-refractivity contribution >= 4 is 16.5 Å². The van der Waals surface area contributed by atoms with Gasteiger partial charge in [-0.3, -0.25) is 0 Å². The molecular weight excluding hydrogens is 232 g/mol. The molecule has 2 rings (SSSR count). The van der Waals surface area contributed by atoms with E-state index in [0.29, 0.717) is 6.04 Å². The van der Waals surface area contributed by atoms with Crippen molar-refractivity contribution < 1.29 is 0 Å². The van der Waals surface area contributed by atoms with Crippen LogP contribution in [0.5, 0.6) is 0 Å². The summed E-state index contributed by atoms with van der Waals surface area (Å²) in [6, 6.07) is 0.506. The Bertz CT molecular complexity index is 306. The van der Waals surface area contributed by atoms with Crippen molar-refractivity contribution in [2.24, 2.45) is 5.92 Å². The van der Waals surface area contributed by atoms with Gasteiger partial charge in [-0.05, 0) is 51.7 Å². The molecule has 96 valence electrons. The summed E-state index contributed by atoms with van der Waals surface area (Å²) in [4.78, 5) is 2.58. The standard InChI is InChI=1S/C12H22N4S/c1-3-6-16-7-4-11(5-8-16)10(2)14-12-15-13-9-17-12/h9-11H,3-8H2,1-2H3,(H,14,15). The lowest BCUT2D eigenvalue weighted by molar-refractivity contribution is 0.176. The number of anilines is 1. The smallest absolute Gasteiger partial charge is 0.205 e. The minimum Gasteiger partial charge on any atom is -0.357 e. The number of hydrogen-bond donors (Lipinski definition) is 1. The van der Waals surface area contributed by atoms with Gasteiger partial charge in [0.25, 0.3) is 0 Å². The fraction of sp³-hybridized carbons (Fsp3) is 0.833. The highest BCUT2D eigenvalue weighted by atomic mass is 32.1. The molecular formula is C12H22N4S. The van der Waals surface area contributed by atoms with Crippen LogP contribution in [-0.4, -0.2) is 40.8 Å². The summed E-state index contributed by atoms with van der Waals surface area (Å²) in [6.45, 7) is 8.28. The van der Waals surface area contributed by atoms with Crippen LogP contribution >= 0.6 is 11.3 Å². The molecule has 4 nitrogen and oxygen atoms in total. The van der Waals surface area contributed by atoms with E-state index in [4.69, 9.17) is 0 Å². The lowest BCUT2D eigenvalue weighted by Crippen LogP contribution is -2.39. The van der Waals surface area contributed by atoms with Crippen LogP contribution in [0.15, 0.2) is 5.51 Å². The van der Waals surface area contributed by atoms with E-state index in [2.05, 4.69) is 34.3 Å². The van der Waals surface area contributed by atoms with Gasteiger partial charge in [-0.1, -0.05) is 18.3 Å². The van der Waals surface area contributed by atoms with E-state index in [9.17, 15) is 0 Å². The highest BCUT2D eigenvalue weighted by Crippen LogP contribution is 2.23. The Kier molecular flexibility index (Phi) is 4.74. The summed E-state index contributed by atoms with van der Waals surface area (Å²) in [6.07, 6.45) is 3.86. The summed E-state index contributed by atoms with van der Waals surface area (Å²) in [5.41, 5.74) is 1.78. The largest absolute Gasteiger partial charge is 0.357 e. The summed E-state index contributed by atoms with van der Waals surface area (Å²) in [5.74, 6) is 0.770. The molecule has 0 amide bonds. The molecule has 1 unspecified atom stereocenters. The van der Waals surface area contributed by atoms with Gasteiger partial charge in [0.05, 0.1) is 0 Å². The van der Waals surface area contributed by atoms with Gasteiger partial charge in [0.15, 0.2) is 0 Å². The molecule has 1 aliphatic heterocycles. The summed E-state index contributed by atoms with van der Waals surface area (Å²) in [5, 5.41) is 12.3. The first-order chi connectivity index (χ1) is 8.29. The highest BCUT2D eigenvalue weighted by Gasteiger charge is 2.23. The molecule has 0 radical (unpaired) electrons. The lowest BCUT2D eigenvalue weighted by Gasteiger charge is -2.34. The number of hydrogen-bond acceptors (Lipinski definition) is 5. The Hall–Kier alpha value is -0.680. The summed E-state index contributed by atoms with van der Waals surface area (Å²) < 4.78 is 0. The molecule has 0 saturated carbocycles. The molecule has 1 aliphatic rings. The van der Waals surface area contributed by atoms with E-state index < -0.39 is 0 Å². The third-order valence-electron chi connectivity index (χ3n) is 3.59.